The summed E-state index contributed by atoms with van der Waals surface area (Å²) in [4.78, 5) is 30.5. The van der Waals surface area contributed by atoms with E-state index in [4.69, 9.17) is 4.74 Å². The van der Waals surface area contributed by atoms with Crippen LogP contribution >= 0.6 is 34.9 Å². The molecule has 1 N–H and O–H groups in total. The molecule has 11 heteroatoms. The molecule has 180 valence electrons. The van der Waals surface area contributed by atoms with Crippen LogP contribution in [0.2, 0.25) is 0 Å². The van der Waals surface area contributed by atoms with E-state index in [1.54, 1.807) is 38.6 Å². The third-order valence-electron chi connectivity index (χ3n) is 4.40. The topological polar surface area (TPSA) is 99.0 Å². The summed E-state index contributed by atoms with van der Waals surface area (Å²) >= 11 is 4.07. The molecule has 0 fully saturated rings. The van der Waals surface area contributed by atoms with Crippen LogP contribution in [0, 0.1) is 13.8 Å². The number of benzene rings is 1. The van der Waals surface area contributed by atoms with Gasteiger partial charge in [0.05, 0.1) is 23.3 Å². The van der Waals surface area contributed by atoms with Gasteiger partial charge in [-0.2, -0.15) is 0 Å². The van der Waals surface area contributed by atoms with Crippen molar-refractivity contribution >= 4 is 51.9 Å². The minimum Gasteiger partial charge on any atom is -0.459 e. The number of rotatable bonds is 11. The van der Waals surface area contributed by atoms with Gasteiger partial charge in [-0.25, -0.2) is 9.78 Å². The minimum absolute atomic E-state index is 0.130. The van der Waals surface area contributed by atoms with E-state index in [1.807, 2.05) is 4.57 Å². The first-order chi connectivity index (χ1) is 16.3. The molecule has 3 aromatic rings. The lowest BCUT2D eigenvalue weighted by molar-refractivity contribution is -0.113. The number of carbonyl (C=O) groups is 2. The molecule has 2 heterocycles. The van der Waals surface area contributed by atoms with Crippen molar-refractivity contribution < 1.29 is 14.3 Å². The van der Waals surface area contributed by atoms with Crippen molar-refractivity contribution in [2.75, 3.05) is 11.1 Å². The molecule has 0 spiro atoms. The average Bonchev–Trinajstić information content (AvgIpc) is 3.34. The molecule has 0 bridgehead atoms. The van der Waals surface area contributed by atoms with E-state index in [2.05, 4.69) is 58.3 Å². The van der Waals surface area contributed by atoms with Crippen molar-refractivity contribution in [2.24, 2.45) is 0 Å². The van der Waals surface area contributed by atoms with Crippen molar-refractivity contribution in [3.8, 4) is 0 Å². The maximum Gasteiger partial charge on any atom is 0.350 e. The summed E-state index contributed by atoms with van der Waals surface area (Å²) in [5, 5.41) is 12.3. The second-order valence-corrected chi connectivity index (χ2v) is 10.6. The first-order valence-corrected chi connectivity index (χ1v) is 13.4. The van der Waals surface area contributed by atoms with Gasteiger partial charge in [-0.15, -0.1) is 28.5 Å². The number of ether oxygens (including phenoxy) is 1. The van der Waals surface area contributed by atoms with E-state index in [1.165, 1.54) is 17.3 Å². The summed E-state index contributed by atoms with van der Waals surface area (Å²) in [6, 6.07) is 8.33. The zero-order chi connectivity index (χ0) is 24.7. The fourth-order valence-corrected chi connectivity index (χ4v) is 5.29. The summed E-state index contributed by atoms with van der Waals surface area (Å²) in [6.07, 6.45) is 1.56. The van der Waals surface area contributed by atoms with Crippen LogP contribution in [0.15, 0.2) is 47.0 Å². The number of thiazole rings is 1. The smallest absolute Gasteiger partial charge is 0.350 e. The van der Waals surface area contributed by atoms with Gasteiger partial charge in [0.25, 0.3) is 0 Å². The highest BCUT2D eigenvalue weighted by Crippen LogP contribution is 2.26. The molecule has 0 aliphatic heterocycles. The molecule has 2 aromatic heterocycles. The molecule has 34 heavy (non-hydrogen) atoms. The number of nitrogens with zero attached hydrogens (tertiary/aromatic N) is 4. The summed E-state index contributed by atoms with van der Waals surface area (Å²) in [7, 11) is 0. The fourth-order valence-electron chi connectivity index (χ4n) is 2.82. The SMILES string of the molecule is C=CCn1c(CSc2ccc(C)cc2)nnc1SCC(=O)Nc1nc(C)c(C(=O)OC(C)C)s1. The number of aromatic nitrogens is 4. The van der Waals surface area contributed by atoms with Crippen LogP contribution in [0.3, 0.4) is 0 Å². The van der Waals surface area contributed by atoms with Gasteiger partial charge < -0.3 is 14.6 Å². The van der Waals surface area contributed by atoms with Gasteiger partial charge in [0.15, 0.2) is 10.3 Å². The van der Waals surface area contributed by atoms with Crippen molar-refractivity contribution in [3.05, 3.63) is 58.9 Å². The monoisotopic (exact) mass is 517 g/mol. The molecular formula is C23H27N5O3S3. The zero-order valence-electron chi connectivity index (χ0n) is 19.5. The van der Waals surface area contributed by atoms with E-state index in [-0.39, 0.29) is 17.8 Å². The minimum atomic E-state index is -0.437. The predicted octanol–water partition coefficient (Wildman–Crippen LogP) is 5.13. The summed E-state index contributed by atoms with van der Waals surface area (Å²) in [6.45, 7) is 11.7. The zero-order valence-corrected chi connectivity index (χ0v) is 22.0. The molecule has 0 aliphatic rings. The number of amides is 1. The second kappa shape index (κ2) is 12.2. The number of hydrogen-bond acceptors (Lipinski definition) is 9. The Kier molecular flexibility index (Phi) is 9.31. The Hall–Kier alpha value is -2.63. The largest absolute Gasteiger partial charge is 0.459 e. The van der Waals surface area contributed by atoms with Gasteiger partial charge in [0, 0.05) is 11.4 Å². The number of esters is 1. The van der Waals surface area contributed by atoms with Crippen LogP contribution < -0.4 is 5.32 Å². The Balaban J connectivity index is 1.59. The molecule has 1 amide bonds. The number of hydrogen-bond donors (Lipinski definition) is 1. The lowest BCUT2D eigenvalue weighted by Crippen LogP contribution is -2.14. The number of aryl methyl sites for hydroxylation is 2. The van der Waals surface area contributed by atoms with Crippen LogP contribution in [-0.4, -0.2) is 43.5 Å². The number of allylic oxidation sites excluding steroid dienone is 1. The Morgan fingerprint density at radius 1 is 1.21 bits per heavy atom. The van der Waals surface area contributed by atoms with E-state index < -0.39 is 5.97 Å². The Bertz CT molecular complexity index is 1160. The Labute approximate surface area is 211 Å². The maximum absolute atomic E-state index is 12.5. The first kappa shape index (κ1) is 26.0. The first-order valence-electron chi connectivity index (χ1n) is 10.6. The van der Waals surface area contributed by atoms with E-state index in [0.717, 1.165) is 22.1 Å². The average molecular weight is 518 g/mol. The molecule has 0 saturated heterocycles. The molecular weight excluding hydrogens is 490 g/mol. The van der Waals surface area contributed by atoms with E-state index >= 15 is 0 Å². The summed E-state index contributed by atoms with van der Waals surface area (Å²) in [5.74, 6) is 0.923. The predicted molar refractivity (Wildman–Crippen MR) is 138 cm³/mol. The molecule has 8 nitrogen and oxygen atoms in total. The van der Waals surface area contributed by atoms with Crippen LogP contribution in [0.25, 0.3) is 0 Å². The van der Waals surface area contributed by atoms with Gasteiger partial charge >= 0.3 is 5.97 Å². The van der Waals surface area contributed by atoms with Gasteiger partial charge in [-0.1, -0.05) is 46.9 Å². The third-order valence-corrected chi connectivity index (χ3v) is 7.43. The van der Waals surface area contributed by atoms with Crippen LogP contribution in [0.1, 0.15) is 40.6 Å². The lowest BCUT2D eigenvalue weighted by atomic mass is 10.2. The molecule has 1 aromatic carbocycles. The van der Waals surface area contributed by atoms with Gasteiger partial charge in [0.2, 0.25) is 5.91 Å². The molecule has 0 aliphatic carbocycles. The lowest BCUT2D eigenvalue weighted by Gasteiger charge is -2.08. The molecule has 0 saturated carbocycles. The van der Waals surface area contributed by atoms with Crippen molar-refractivity contribution in [1.29, 1.82) is 0 Å². The van der Waals surface area contributed by atoms with Crippen molar-refractivity contribution in [3.63, 3.8) is 0 Å². The Morgan fingerprint density at radius 2 is 1.94 bits per heavy atom. The molecule has 3 rings (SSSR count). The maximum atomic E-state index is 12.5. The summed E-state index contributed by atoms with van der Waals surface area (Å²) < 4.78 is 7.18. The number of anilines is 1. The van der Waals surface area contributed by atoms with E-state index in [9.17, 15) is 9.59 Å². The molecule has 0 unspecified atom stereocenters. The molecule has 0 radical (unpaired) electrons. The van der Waals surface area contributed by atoms with Gasteiger partial charge in [0.1, 0.15) is 10.7 Å². The summed E-state index contributed by atoms with van der Waals surface area (Å²) in [5.41, 5.74) is 1.75. The number of nitrogens with one attached hydrogen (secondary N) is 1. The highest BCUT2D eigenvalue weighted by Gasteiger charge is 2.19. The molecule has 0 atom stereocenters. The van der Waals surface area contributed by atoms with Gasteiger partial charge in [-0.05, 0) is 39.8 Å². The van der Waals surface area contributed by atoms with Crippen molar-refractivity contribution in [2.45, 2.75) is 56.1 Å². The van der Waals surface area contributed by atoms with Crippen LogP contribution in [-0.2, 0) is 21.8 Å². The van der Waals surface area contributed by atoms with E-state index in [0.29, 0.717) is 33.2 Å². The highest BCUT2D eigenvalue weighted by molar-refractivity contribution is 7.99. The Morgan fingerprint density at radius 3 is 2.62 bits per heavy atom. The van der Waals surface area contributed by atoms with Crippen LogP contribution in [0.5, 0.6) is 0 Å². The van der Waals surface area contributed by atoms with Crippen LogP contribution in [0.4, 0.5) is 5.13 Å². The normalized spacial score (nSPS) is 11.0. The number of thioether (sulfide) groups is 2. The second-order valence-electron chi connectivity index (χ2n) is 7.62. The fraction of sp³-hybridized carbons (Fsp3) is 0.348. The third kappa shape index (κ3) is 7.18. The van der Waals surface area contributed by atoms with Gasteiger partial charge in [-0.3, -0.25) is 4.79 Å². The standard InChI is InChI=1S/C23H27N5O3S3/c1-6-11-28-18(12-32-17-9-7-15(4)8-10-17)26-27-23(28)33-13-19(29)25-22-24-16(5)20(34-22)21(30)31-14(2)3/h6-10,14H,1,11-13H2,2-5H3,(H,24,25,29). The van der Waals surface area contributed by atoms with Crippen molar-refractivity contribution in [1.82, 2.24) is 19.7 Å². The quantitative estimate of drug-likeness (QED) is 0.212. The highest BCUT2D eigenvalue weighted by atomic mass is 32.2. The number of carbonyl (C=O) groups excluding carboxylic acids is 2.